The number of nitrogens with one attached hydrogen (secondary N) is 1. The highest BCUT2D eigenvalue weighted by Gasteiger charge is 2.35. The first kappa shape index (κ1) is 17.7. The molecule has 0 bridgehead atoms. The highest BCUT2D eigenvalue weighted by atomic mass is 19.1. The summed E-state index contributed by atoms with van der Waals surface area (Å²) in [7, 11) is 0. The molecule has 1 saturated heterocycles. The SMILES string of the molecule is O=C(O)Nc1cc(C(CCC2CC2)N2C(=O)CCCC2O)ccc1F. The van der Waals surface area contributed by atoms with E-state index in [-0.39, 0.29) is 17.6 Å². The number of hydrogen-bond acceptors (Lipinski definition) is 3. The minimum atomic E-state index is -1.35. The lowest BCUT2D eigenvalue weighted by atomic mass is 9.95. The molecule has 0 aromatic heterocycles. The van der Waals surface area contributed by atoms with Crippen molar-refractivity contribution in [3.05, 3.63) is 29.6 Å². The summed E-state index contributed by atoms with van der Waals surface area (Å²) >= 11 is 0. The maximum absolute atomic E-state index is 13.9. The quantitative estimate of drug-likeness (QED) is 0.733. The van der Waals surface area contributed by atoms with Crippen LogP contribution in [0.2, 0.25) is 0 Å². The van der Waals surface area contributed by atoms with Gasteiger partial charge in [-0.3, -0.25) is 10.1 Å². The number of likely N-dealkylation sites (tertiary alicyclic amines) is 1. The Bertz CT molecular complexity index is 662. The number of carboxylic acid groups (broad SMARTS) is 1. The summed E-state index contributed by atoms with van der Waals surface area (Å²) in [6.45, 7) is 0. The van der Waals surface area contributed by atoms with Gasteiger partial charge in [-0.25, -0.2) is 9.18 Å². The largest absolute Gasteiger partial charge is 0.465 e. The van der Waals surface area contributed by atoms with Gasteiger partial charge in [-0.2, -0.15) is 0 Å². The first-order chi connectivity index (χ1) is 12.0. The molecule has 7 heteroatoms. The third-order valence-electron chi connectivity index (χ3n) is 4.96. The van der Waals surface area contributed by atoms with Gasteiger partial charge in [0.25, 0.3) is 0 Å². The fourth-order valence-electron chi connectivity index (χ4n) is 3.48. The minimum Gasteiger partial charge on any atom is -0.465 e. The molecule has 6 nitrogen and oxygen atoms in total. The van der Waals surface area contributed by atoms with Crippen LogP contribution in [-0.2, 0) is 4.79 Å². The maximum atomic E-state index is 13.9. The molecular formula is C18H23FN2O4. The van der Waals surface area contributed by atoms with Crippen molar-refractivity contribution in [1.29, 1.82) is 0 Å². The number of carbonyl (C=O) groups excluding carboxylic acids is 1. The number of nitrogens with zero attached hydrogens (tertiary/aromatic N) is 1. The van der Waals surface area contributed by atoms with Gasteiger partial charge in [0.05, 0.1) is 11.7 Å². The van der Waals surface area contributed by atoms with Crippen LogP contribution >= 0.6 is 0 Å². The Morgan fingerprint density at radius 1 is 1.36 bits per heavy atom. The van der Waals surface area contributed by atoms with E-state index in [0.29, 0.717) is 37.2 Å². The molecule has 2 atom stereocenters. The molecule has 1 aromatic rings. The molecule has 1 saturated carbocycles. The zero-order valence-corrected chi connectivity index (χ0v) is 13.9. The topological polar surface area (TPSA) is 89.9 Å². The molecule has 0 spiro atoms. The van der Waals surface area contributed by atoms with Gasteiger partial charge in [-0.15, -0.1) is 0 Å². The summed E-state index contributed by atoms with van der Waals surface area (Å²) in [4.78, 5) is 24.7. The second-order valence-electron chi connectivity index (χ2n) is 6.88. The summed E-state index contributed by atoms with van der Waals surface area (Å²) in [5.41, 5.74) is 0.500. The molecule has 1 aliphatic carbocycles. The Kier molecular flexibility index (Phi) is 5.22. The van der Waals surface area contributed by atoms with E-state index in [1.54, 1.807) is 6.07 Å². The standard InChI is InChI=1S/C18H23FN2O4/c19-13-8-7-12(10-14(13)20-18(24)25)15(9-6-11-4-5-11)21-16(22)2-1-3-17(21)23/h7-8,10-11,15-16,20,22H,1-6,9H2,(H,24,25). The molecule has 2 amide bonds. The molecule has 3 N–H and O–H groups in total. The van der Waals surface area contributed by atoms with Crippen LogP contribution in [0.15, 0.2) is 18.2 Å². The Hall–Kier alpha value is -2.15. The molecule has 3 rings (SSSR count). The molecule has 0 radical (unpaired) electrons. The lowest BCUT2D eigenvalue weighted by Gasteiger charge is -2.39. The van der Waals surface area contributed by atoms with Crippen LogP contribution in [0.25, 0.3) is 0 Å². The number of piperidine rings is 1. The van der Waals surface area contributed by atoms with Crippen LogP contribution in [0.4, 0.5) is 14.9 Å². The third kappa shape index (κ3) is 4.28. The number of aliphatic hydroxyl groups excluding tert-OH is 1. The Labute approximate surface area is 145 Å². The maximum Gasteiger partial charge on any atom is 0.409 e. The van der Waals surface area contributed by atoms with Gasteiger partial charge >= 0.3 is 6.09 Å². The van der Waals surface area contributed by atoms with Crippen molar-refractivity contribution >= 4 is 17.7 Å². The van der Waals surface area contributed by atoms with Gasteiger partial charge in [-0.05, 0) is 49.3 Å². The van der Waals surface area contributed by atoms with Crippen molar-refractivity contribution in [2.45, 2.75) is 57.2 Å². The Morgan fingerprint density at radius 2 is 2.12 bits per heavy atom. The average molecular weight is 350 g/mol. The van der Waals surface area contributed by atoms with Gasteiger partial charge in [0.2, 0.25) is 5.91 Å². The van der Waals surface area contributed by atoms with E-state index >= 15 is 0 Å². The van der Waals surface area contributed by atoms with Gasteiger partial charge in [0, 0.05) is 6.42 Å². The Morgan fingerprint density at radius 3 is 2.76 bits per heavy atom. The summed E-state index contributed by atoms with van der Waals surface area (Å²) < 4.78 is 13.9. The van der Waals surface area contributed by atoms with Crippen molar-refractivity contribution in [2.75, 3.05) is 5.32 Å². The van der Waals surface area contributed by atoms with E-state index in [1.807, 2.05) is 5.32 Å². The van der Waals surface area contributed by atoms with Crippen LogP contribution in [0.5, 0.6) is 0 Å². The van der Waals surface area contributed by atoms with Crippen LogP contribution in [-0.4, -0.2) is 33.3 Å². The lowest BCUT2D eigenvalue weighted by Crippen LogP contribution is -2.45. The summed E-state index contributed by atoms with van der Waals surface area (Å²) in [5, 5.41) is 21.2. The van der Waals surface area contributed by atoms with E-state index in [4.69, 9.17) is 5.11 Å². The predicted molar refractivity (Wildman–Crippen MR) is 89.5 cm³/mol. The number of amides is 2. The number of hydrogen-bond donors (Lipinski definition) is 3. The molecule has 2 aliphatic rings. The van der Waals surface area contributed by atoms with E-state index in [0.717, 1.165) is 6.42 Å². The zero-order chi connectivity index (χ0) is 18.0. The number of benzene rings is 1. The van der Waals surface area contributed by atoms with E-state index in [9.17, 15) is 19.1 Å². The number of anilines is 1. The fourth-order valence-corrected chi connectivity index (χ4v) is 3.48. The summed E-state index contributed by atoms with van der Waals surface area (Å²) in [5.74, 6) is -0.133. The van der Waals surface area contributed by atoms with Crippen molar-refractivity contribution in [3.8, 4) is 0 Å². The number of halogens is 1. The van der Waals surface area contributed by atoms with E-state index < -0.39 is 18.1 Å². The first-order valence-corrected chi connectivity index (χ1v) is 8.74. The molecule has 136 valence electrons. The van der Waals surface area contributed by atoms with Gasteiger partial charge < -0.3 is 15.1 Å². The first-order valence-electron chi connectivity index (χ1n) is 8.74. The monoisotopic (exact) mass is 350 g/mol. The van der Waals surface area contributed by atoms with Crippen LogP contribution in [0.3, 0.4) is 0 Å². The summed E-state index contributed by atoms with van der Waals surface area (Å²) in [6.07, 6.45) is 3.32. The summed E-state index contributed by atoms with van der Waals surface area (Å²) in [6, 6.07) is 3.81. The third-order valence-corrected chi connectivity index (χ3v) is 4.96. The predicted octanol–water partition coefficient (Wildman–Crippen LogP) is 3.48. The number of carbonyl (C=O) groups is 2. The highest BCUT2D eigenvalue weighted by Crippen LogP contribution is 2.39. The molecule has 25 heavy (non-hydrogen) atoms. The number of aliphatic hydroxyl groups is 1. The fraction of sp³-hybridized carbons (Fsp3) is 0.556. The van der Waals surface area contributed by atoms with E-state index in [1.165, 1.54) is 29.9 Å². The van der Waals surface area contributed by atoms with Crippen LogP contribution in [0, 0.1) is 11.7 Å². The highest BCUT2D eigenvalue weighted by molar-refractivity contribution is 5.83. The second kappa shape index (κ2) is 7.39. The van der Waals surface area contributed by atoms with Crippen LogP contribution in [0.1, 0.15) is 56.6 Å². The molecule has 1 aromatic carbocycles. The van der Waals surface area contributed by atoms with E-state index in [2.05, 4.69) is 0 Å². The number of rotatable bonds is 6. The normalized spacial score (nSPS) is 21.9. The van der Waals surface area contributed by atoms with Crippen molar-refractivity contribution in [1.82, 2.24) is 4.90 Å². The Balaban J connectivity index is 1.89. The van der Waals surface area contributed by atoms with Crippen molar-refractivity contribution in [3.63, 3.8) is 0 Å². The minimum absolute atomic E-state index is 0.114. The van der Waals surface area contributed by atoms with Gasteiger partial charge in [0.1, 0.15) is 12.0 Å². The van der Waals surface area contributed by atoms with Crippen LogP contribution < -0.4 is 5.32 Å². The van der Waals surface area contributed by atoms with Gasteiger partial charge in [0.15, 0.2) is 0 Å². The molecular weight excluding hydrogens is 327 g/mol. The second-order valence-corrected chi connectivity index (χ2v) is 6.88. The molecule has 1 aliphatic heterocycles. The van der Waals surface area contributed by atoms with Gasteiger partial charge in [-0.1, -0.05) is 18.9 Å². The molecule has 1 heterocycles. The van der Waals surface area contributed by atoms with Crippen molar-refractivity contribution < 1.29 is 24.2 Å². The zero-order valence-electron chi connectivity index (χ0n) is 13.9. The molecule has 2 fully saturated rings. The van der Waals surface area contributed by atoms with Crippen molar-refractivity contribution in [2.24, 2.45) is 5.92 Å². The molecule has 2 unspecified atom stereocenters. The average Bonchev–Trinajstić information content (AvgIpc) is 3.36. The smallest absolute Gasteiger partial charge is 0.409 e. The lowest BCUT2D eigenvalue weighted by molar-refractivity contribution is -0.152.